The molecule has 0 amide bonds. The molecule has 0 atom stereocenters. The van der Waals surface area contributed by atoms with E-state index in [1.165, 1.54) is 0 Å². The third kappa shape index (κ3) is 10.7. The largest absolute Gasteiger partial charge is 1.00 e. The quantitative estimate of drug-likeness (QED) is 0.400. The maximum atomic E-state index is 7.88. The predicted octanol–water partition coefficient (Wildman–Crippen LogP) is 0.973. The van der Waals surface area contributed by atoms with Crippen molar-refractivity contribution in [2.24, 2.45) is 5.92 Å². The van der Waals surface area contributed by atoms with Crippen LogP contribution in [0.3, 0.4) is 0 Å². The zero-order valence-corrected chi connectivity index (χ0v) is 5.27. The number of hydrogen-bond donors (Lipinski definition) is 1. The van der Waals surface area contributed by atoms with Gasteiger partial charge in [-0.25, -0.2) is 0 Å². The molecule has 2 heteroatoms. The van der Waals surface area contributed by atoms with Crippen molar-refractivity contribution >= 4 is 0 Å². The minimum Gasteiger partial charge on any atom is -0.462 e. The first kappa shape index (κ1) is 9.99. The van der Waals surface area contributed by atoms with E-state index in [1.54, 1.807) is 0 Å². The summed E-state index contributed by atoms with van der Waals surface area (Å²) in [6, 6.07) is 0. The molecule has 1 N–H and O–H groups in total. The van der Waals surface area contributed by atoms with Gasteiger partial charge in [-0.05, 0) is 0 Å². The van der Waals surface area contributed by atoms with Crippen LogP contribution in [0.25, 0.3) is 0 Å². The van der Waals surface area contributed by atoms with Crippen LogP contribution in [0, 0.1) is 17.9 Å². The van der Waals surface area contributed by atoms with Crippen LogP contribution in [0.2, 0.25) is 0 Å². The van der Waals surface area contributed by atoms with E-state index in [4.69, 9.17) is 5.11 Å². The second kappa shape index (κ2) is 5.88. The number of hydrogen-bond acceptors (Lipinski definition) is 1. The number of aliphatic hydroxyl groups is 1. The van der Waals surface area contributed by atoms with Crippen molar-refractivity contribution in [1.82, 2.24) is 0 Å². The summed E-state index contributed by atoms with van der Waals surface area (Å²) in [5.74, 6) is 2.80. The van der Waals surface area contributed by atoms with Crippen LogP contribution in [-0.2, 0) is 17.1 Å². The first-order chi connectivity index (χ1) is 2.77. The minimum absolute atomic E-state index is 0. The molecular weight excluding hydrogens is 140 g/mol. The van der Waals surface area contributed by atoms with Gasteiger partial charge in [0.2, 0.25) is 0 Å². The van der Waals surface area contributed by atoms with Crippen molar-refractivity contribution in [2.45, 2.75) is 13.8 Å². The Hall–Kier alpha value is -0.121. The predicted molar refractivity (Wildman–Crippen MR) is 24.5 cm³/mol. The molecule has 0 aliphatic heterocycles. The van der Waals surface area contributed by atoms with Gasteiger partial charge in [-0.3, -0.25) is 0 Å². The Morgan fingerprint density at radius 3 is 1.86 bits per heavy atom. The average Bonchev–Trinajstić information content (AvgIpc) is 1.35. The van der Waals surface area contributed by atoms with Gasteiger partial charge in [0, 0.05) is 5.92 Å². The van der Waals surface area contributed by atoms with Gasteiger partial charge in [-0.2, -0.15) is 0 Å². The molecule has 1 nitrogen and oxygen atoms in total. The Labute approximate surface area is 54.6 Å². The van der Waals surface area contributed by atoms with Gasteiger partial charge in [0.05, 0.1) is 0 Å². The molecule has 0 saturated carbocycles. The standard InChI is InChI=1S/C5H8O.Cu/c1-5(2)3-4-6;/h5-6H,1-2H3;/q;+1. The second-order valence-electron chi connectivity index (χ2n) is 1.41. The molecule has 0 saturated heterocycles. The summed E-state index contributed by atoms with van der Waals surface area (Å²) >= 11 is 0. The van der Waals surface area contributed by atoms with Gasteiger partial charge in [0.15, 0.2) is 0 Å². The van der Waals surface area contributed by atoms with Gasteiger partial charge in [-0.1, -0.05) is 19.8 Å². The Kier molecular flexibility index (Phi) is 8.39. The summed E-state index contributed by atoms with van der Waals surface area (Å²) in [7, 11) is 0. The van der Waals surface area contributed by atoms with E-state index in [-0.39, 0.29) is 23.0 Å². The molecular formula is C5H8CuO+. The summed E-state index contributed by atoms with van der Waals surface area (Å²) in [5.41, 5.74) is 0. The maximum Gasteiger partial charge on any atom is 1.00 e. The van der Waals surface area contributed by atoms with Gasteiger partial charge < -0.3 is 5.11 Å². The van der Waals surface area contributed by atoms with Crippen molar-refractivity contribution < 1.29 is 22.2 Å². The van der Waals surface area contributed by atoms with Crippen molar-refractivity contribution in [3.05, 3.63) is 0 Å². The summed E-state index contributed by atoms with van der Waals surface area (Å²) in [6.45, 7) is 3.84. The second-order valence-corrected chi connectivity index (χ2v) is 1.41. The summed E-state index contributed by atoms with van der Waals surface area (Å²) in [5, 5.41) is 7.88. The molecule has 0 aromatic carbocycles. The van der Waals surface area contributed by atoms with Crippen molar-refractivity contribution in [3.8, 4) is 12.0 Å². The van der Waals surface area contributed by atoms with Gasteiger partial charge >= 0.3 is 17.1 Å². The molecule has 0 radical (unpaired) electrons. The van der Waals surface area contributed by atoms with Crippen molar-refractivity contribution in [1.29, 1.82) is 0 Å². The van der Waals surface area contributed by atoms with Gasteiger partial charge in [0.25, 0.3) is 0 Å². The van der Waals surface area contributed by atoms with E-state index < -0.39 is 0 Å². The molecule has 0 aliphatic carbocycles. The Morgan fingerprint density at radius 2 is 1.86 bits per heavy atom. The fourth-order valence-corrected chi connectivity index (χ4v) is 0.129. The molecule has 0 aromatic heterocycles. The average molecular weight is 148 g/mol. The maximum absolute atomic E-state index is 7.88. The first-order valence-corrected chi connectivity index (χ1v) is 1.92. The molecule has 0 aliphatic rings. The molecule has 44 valence electrons. The Balaban J connectivity index is 0. The van der Waals surface area contributed by atoms with Crippen LogP contribution in [0.1, 0.15) is 13.8 Å². The topological polar surface area (TPSA) is 20.2 Å². The minimum atomic E-state index is 0. The zero-order valence-electron chi connectivity index (χ0n) is 4.33. The van der Waals surface area contributed by atoms with Gasteiger partial charge in [-0.15, -0.1) is 0 Å². The summed E-state index contributed by atoms with van der Waals surface area (Å²) in [4.78, 5) is 0. The third-order valence-corrected chi connectivity index (χ3v) is 0.353. The fraction of sp³-hybridized carbons (Fsp3) is 0.600. The smallest absolute Gasteiger partial charge is 0.462 e. The van der Waals surface area contributed by atoms with E-state index in [0.29, 0.717) is 0 Å². The zero-order chi connectivity index (χ0) is 4.99. The Bertz CT molecular complexity index is 77.8. The summed E-state index contributed by atoms with van der Waals surface area (Å²) in [6.07, 6.45) is 1.82. The van der Waals surface area contributed by atoms with E-state index in [0.717, 1.165) is 0 Å². The first-order valence-electron chi connectivity index (χ1n) is 1.92. The van der Waals surface area contributed by atoms with E-state index in [2.05, 4.69) is 5.92 Å². The normalized spacial score (nSPS) is 6.14. The SMILES string of the molecule is CC(C)C#CO.[Cu+]. The molecule has 0 spiro atoms. The van der Waals surface area contributed by atoms with Gasteiger partial charge in [0.1, 0.15) is 6.11 Å². The molecule has 0 aromatic rings. The van der Waals surface area contributed by atoms with E-state index >= 15 is 0 Å². The van der Waals surface area contributed by atoms with E-state index in [1.807, 2.05) is 20.0 Å². The number of rotatable bonds is 0. The Morgan fingerprint density at radius 1 is 1.43 bits per heavy atom. The summed E-state index contributed by atoms with van der Waals surface area (Å²) < 4.78 is 0. The van der Waals surface area contributed by atoms with Crippen molar-refractivity contribution in [2.75, 3.05) is 0 Å². The van der Waals surface area contributed by atoms with Crippen LogP contribution in [0.5, 0.6) is 0 Å². The molecule has 0 unspecified atom stereocenters. The fourth-order valence-electron chi connectivity index (χ4n) is 0.129. The molecule has 0 fully saturated rings. The van der Waals surface area contributed by atoms with Crippen LogP contribution in [0.4, 0.5) is 0 Å². The molecule has 7 heavy (non-hydrogen) atoms. The van der Waals surface area contributed by atoms with Crippen LogP contribution < -0.4 is 0 Å². The molecule has 0 bridgehead atoms. The molecule has 0 heterocycles. The van der Waals surface area contributed by atoms with Crippen LogP contribution >= 0.6 is 0 Å². The van der Waals surface area contributed by atoms with Crippen LogP contribution in [-0.4, -0.2) is 5.11 Å². The van der Waals surface area contributed by atoms with Crippen molar-refractivity contribution in [3.63, 3.8) is 0 Å². The van der Waals surface area contributed by atoms with E-state index in [9.17, 15) is 0 Å². The third-order valence-electron chi connectivity index (χ3n) is 0.353. The monoisotopic (exact) mass is 147 g/mol. The van der Waals surface area contributed by atoms with Crippen LogP contribution in [0.15, 0.2) is 0 Å². The molecule has 0 rings (SSSR count). The number of aliphatic hydroxyl groups excluding tert-OH is 1.